The van der Waals surface area contributed by atoms with E-state index in [1.54, 1.807) is 0 Å². The Morgan fingerprint density at radius 2 is 1.32 bits per heavy atom. The molecule has 1 aromatic heterocycles. The number of unbranched alkanes of at least 4 members (excludes halogenated alkanes) is 5. The number of hydrogen-bond acceptors (Lipinski definition) is 0. The van der Waals surface area contributed by atoms with Gasteiger partial charge in [-0.2, -0.15) is 0 Å². The molecule has 31 heavy (non-hydrogen) atoms. The van der Waals surface area contributed by atoms with Gasteiger partial charge in [-0.15, -0.1) is 0 Å². The SMILES string of the molecule is C=Cc1ccc(/C=C/c2ccc3c(c2)c2ccccc2n3CCCCCCCC)cc1. The van der Waals surface area contributed by atoms with Crippen LogP contribution in [0, 0.1) is 0 Å². The number of aryl methyl sites for hydroxylation is 1. The number of aromatic nitrogens is 1. The van der Waals surface area contributed by atoms with Crippen LogP contribution < -0.4 is 0 Å². The fraction of sp³-hybridized carbons (Fsp3) is 0.267. The van der Waals surface area contributed by atoms with Crippen LogP contribution in [-0.4, -0.2) is 4.57 Å². The Hall–Kier alpha value is -3.06. The lowest BCUT2D eigenvalue weighted by atomic mass is 10.1. The van der Waals surface area contributed by atoms with Gasteiger partial charge in [0.05, 0.1) is 0 Å². The molecule has 0 saturated heterocycles. The summed E-state index contributed by atoms with van der Waals surface area (Å²) in [5.41, 5.74) is 6.30. The maximum absolute atomic E-state index is 3.83. The summed E-state index contributed by atoms with van der Waals surface area (Å²) in [5.74, 6) is 0. The largest absolute Gasteiger partial charge is 0.340 e. The normalized spacial score (nSPS) is 11.6. The summed E-state index contributed by atoms with van der Waals surface area (Å²) >= 11 is 0. The minimum absolute atomic E-state index is 1.10. The van der Waals surface area contributed by atoms with Crippen LogP contribution >= 0.6 is 0 Å². The standard InChI is InChI=1S/C30H33N/c1-3-5-6-7-8-11-22-31-29-13-10-9-12-27(29)28-23-26(20-21-30(28)31)19-18-25-16-14-24(4-2)15-17-25/h4,9-10,12-21,23H,2-3,5-8,11,22H2,1H3/b19-18+. The summed E-state index contributed by atoms with van der Waals surface area (Å²) in [6.45, 7) is 7.20. The van der Waals surface area contributed by atoms with E-state index in [1.165, 1.54) is 71.5 Å². The average Bonchev–Trinajstić information content (AvgIpc) is 3.13. The molecule has 0 unspecified atom stereocenters. The maximum Gasteiger partial charge on any atom is 0.0491 e. The van der Waals surface area contributed by atoms with Gasteiger partial charge in [-0.25, -0.2) is 0 Å². The van der Waals surface area contributed by atoms with Gasteiger partial charge in [-0.05, 0) is 41.3 Å². The van der Waals surface area contributed by atoms with Crippen molar-refractivity contribution in [1.82, 2.24) is 4.57 Å². The monoisotopic (exact) mass is 407 g/mol. The molecule has 0 fully saturated rings. The zero-order valence-corrected chi connectivity index (χ0v) is 18.7. The number of para-hydroxylation sites is 1. The molecule has 0 bridgehead atoms. The van der Waals surface area contributed by atoms with E-state index in [-0.39, 0.29) is 0 Å². The Bertz CT molecular complexity index is 1170. The van der Waals surface area contributed by atoms with Crippen molar-refractivity contribution in [3.05, 3.63) is 90.0 Å². The van der Waals surface area contributed by atoms with Crippen molar-refractivity contribution in [3.8, 4) is 0 Å². The number of benzene rings is 3. The first kappa shape index (κ1) is 21.2. The molecule has 0 N–H and O–H groups in total. The molecule has 0 saturated carbocycles. The zero-order valence-electron chi connectivity index (χ0n) is 18.7. The predicted octanol–water partition coefficient (Wildman–Crippen LogP) is 8.97. The van der Waals surface area contributed by atoms with Gasteiger partial charge in [-0.3, -0.25) is 0 Å². The van der Waals surface area contributed by atoms with Crippen LogP contribution in [0.15, 0.2) is 73.3 Å². The Kier molecular flexibility index (Phi) is 7.04. The molecular formula is C30H33N. The lowest BCUT2D eigenvalue weighted by Gasteiger charge is -2.08. The van der Waals surface area contributed by atoms with Crippen LogP contribution in [0.5, 0.6) is 0 Å². The summed E-state index contributed by atoms with van der Waals surface area (Å²) in [6.07, 6.45) is 14.2. The van der Waals surface area contributed by atoms with Gasteiger partial charge in [0.1, 0.15) is 0 Å². The molecule has 0 spiro atoms. The number of hydrogen-bond donors (Lipinski definition) is 0. The van der Waals surface area contributed by atoms with Gasteiger partial charge in [0.25, 0.3) is 0 Å². The Balaban J connectivity index is 1.58. The van der Waals surface area contributed by atoms with Crippen molar-refractivity contribution in [2.75, 3.05) is 0 Å². The highest BCUT2D eigenvalue weighted by Gasteiger charge is 2.10. The van der Waals surface area contributed by atoms with Crippen molar-refractivity contribution in [2.24, 2.45) is 0 Å². The molecule has 3 aromatic carbocycles. The average molecular weight is 408 g/mol. The minimum Gasteiger partial charge on any atom is -0.340 e. The van der Waals surface area contributed by atoms with E-state index in [4.69, 9.17) is 0 Å². The van der Waals surface area contributed by atoms with E-state index in [0.717, 1.165) is 12.1 Å². The maximum atomic E-state index is 3.83. The van der Waals surface area contributed by atoms with E-state index < -0.39 is 0 Å². The molecule has 0 aliphatic carbocycles. The molecule has 1 heteroatoms. The topological polar surface area (TPSA) is 4.93 Å². The van der Waals surface area contributed by atoms with Crippen LogP contribution in [-0.2, 0) is 6.54 Å². The molecule has 158 valence electrons. The number of nitrogens with zero attached hydrogens (tertiary/aromatic N) is 1. The van der Waals surface area contributed by atoms with Gasteiger partial charge >= 0.3 is 0 Å². The van der Waals surface area contributed by atoms with Crippen LogP contribution in [0.25, 0.3) is 40.0 Å². The lowest BCUT2D eigenvalue weighted by molar-refractivity contribution is 0.571. The van der Waals surface area contributed by atoms with Gasteiger partial charge < -0.3 is 4.57 Å². The first-order valence-corrected chi connectivity index (χ1v) is 11.7. The first-order chi connectivity index (χ1) is 15.3. The minimum atomic E-state index is 1.10. The summed E-state index contributed by atoms with van der Waals surface area (Å²) < 4.78 is 2.52. The summed E-state index contributed by atoms with van der Waals surface area (Å²) in [6, 6.07) is 24.2. The Labute approximate surface area is 186 Å². The van der Waals surface area contributed by atoms with Crippen LogP contribution in [0.3, 0.4) is 0 Å². The van der Waals surface area contributed by atoms with Crippen molar-refractivity contribution >= 4 is 40.0 Å². The molecule has 1 heterocycles. The molecule has 0 amide bonds. The molecular weight excluding hydrogens is 374 g/mol. The van der Waals surface area contributed by atoms with Crippen molar-refractivity contribution in [2.45, 2.75) is 52.0 Å². The Morgan fingerprint density at radius 1 is 0.677 bits per heavy atom. The van der Waals surface area contributed by atoms with Gasteiger partial charge in [0, 0.05) is 28.4 Å². The summed E-state index contributed by atoms with van der Waals surface area (Å²) in [5, 5.41) is 2.71. The second kappa shape index (κ2) is 10.3. The third-order valence-corrected chi connectivity index (χ3v) is 6.17. The summed E-state index contributed by atoms with van der Waals surface area (Å²) in [7, 11) is 0. The van der Waals surface area contributed by atoms with E-state index >= 15 is 0 Å². The first-order valence-electron chi connectivity index (χ1n) is 11.7. The molecule has 0 aliphatic rings. The molecule has 0 radical (unpaired) electrons. The third-order valence-electron chi connectivity index (χ3n) is 6.17. The number of fused-ring (bicyclic) bond motifs is 3. The highest BCUT2D eigenvalue weighted by atomic mass is 15.0. The van der Waals surface area contributed by atoms with Crippen molar-refractivity contribution < 1.29 is 0 Å². The van der Waals surface area contributed by atoms with Crippen LogP contribution in [0.4, 0.5) is 0 Å². The highest BCUT2D eigenvalue weighted by molar-refractivity contribution is 6.08. The predicted molar refractivity (Wildman–Crippen MR) is 138 cm³/mol. The number of rotatable bonds is 10. The summed E-state index contributed by atoms with van der Waals surface area (Å²) in [4.78, 5) is 0. The quantitative estimate of drug-likeness (QED) is 0.183. The van der Waals surface area contributed by atoms with E-state index in [2.05, 4.69) is 97.0 Å². The fourth-order valence-electron chi connectivity index (χ4n) is 4.40. The molecule has 4 aromatic rings. The second-order valence-corrected chi connectivity index (χ2v) is 8.42. The zero-order chi connectivity index (χ0) is 21.5. The lowest BCUT2D eigenvalue weighted by Crippen LogP contribution is -1.97. The second-order valence-electron chi connectivity index (χ2n) is 8.42. The van der Waals surface area contributed by atoms with Gasteiger partial charge in [0.2, 0.25) is 0 Å². The molecule has 0 aliphatic heterocycles. The molecule has 0 atom stereocenters. The molecule has 1 nitrogen and oxygen atoms in total. The van der Waals surface area contributed by atoms with E-state index in [9.17, 15) is 0 Å². The van der Waals surface area contributed by atoms with Crippen molar-refractivity contribution in [3.63, 3.8) is 0 Å². The van der Waals surface area contributed by atoms with E-state index in [0.29, 0.717) is 0 Å². The highest BCUT2D eigenvalue weighted by Crippen LogP contribution is 2.30. The third kappa shape index (κ3) is 4.99. The van der Waals surface area contributed by atoms with Crippen molar-refractivity contribution in [1.29, 1.82) is 0 Å². The van der Waals surface area contributed by atoms with Gasteiger partial charge in [0.15, 0.2) is 0 Å². The Morgan fingerprint density at radius 3 is 2.13 bits per heavy atom. The smallest absolute Gasteiger partial charge is 0.0491 e. The van der Waals surface area contributed by atoms with Crippen LogP contribution in [0.1, 0.15) is 62.1 Å². The van der Waals surface area contributed by atoms with Gasteiger partial charge in [-0.1, -0.05) is 112 Å². The van der Waals surface area contributed by atoms with E-state index in [1.807, 2.05) is 6.08 Å². The fourth-order valence-corrected chi connectivity index (χ4v) is 4.40. The molecule has 4 rings (SSSR count). The van der Waals surface area contributed by atoms with Crippen LogP contribution in [0.2, 0.25) is 0 Å².